The Balaban J connectivity index is 2.10. The molecule has 1 aromatic rings. The quantitative estimate of drug-likeness (QED) is 0.721. The fourth-order valence-electron chi connectivity index (χ4n) is 1.23. The van der Waals surface area contributed by atoms with Crippen molar-refractivity contribution in [1.82, 2.24) is 9.97 Å². The molecule has 1 aliphatic rings. The van der Waals surface area contributed by atoms with Crippen LogP contribution in [0.3, 0.4) is 0 Å². The van der Waals surface area contributed by atoms with Gasteiger partial charge < -0.3 is 9.64 Å². The van der Waals surface area contributed by atoms with Crippen molar-refractivity contribution in [3.8, 4) is 0 Å². The minimum Gasteiger partial charge on any atom is -0.378 e. The lowest BCUT2D eigenvalue weighted by molar-refractivity contribution is 0.122. The maximum atomic E-state index is 5.25. The smallest absolute Gasteiger partial charge is 0.225 e. The molecule has 0 unspecified atom stereocenters. The Bertz CT molecular complexity index is 271. The van der Waals surface area contributed by atoms with E-state index in [1.807, 2.05) is 12.4 Å². The summed E-state index contributed by atoms with van der Waals surface area (Å²) in [6, 6.07) is 0. The molecule has 2 heterocycles. The average molecular weight is 291 g/mol. The lowest BCUT2D eigenvalue weighted by Crippen LogP contribution is -2.37. The third kappa shape index (κ3) is 2.28. The number of anilines is 1. The Morgan fingerprint density at radius 2 is 1.85 bits per heavy atom. The molecule has 0 bridgehead atoms. The van der Waals surface area contributed by atoms with Crippen LogP contribution in [0, 0.1) is 3.57 Å². The van der Waals surface area contributed by atoms with Gasteiger partial charge in [-0.15, -0.1) is 0 Å². The Morgan fingerprint density at radius 3 is 2.46 bits per heavy atom. The van der Waals surface area contributed by atoms with Crippen LogP contribution in [0.2, 0.25) is 0 Å². The summed E-state index contributed by atoms with van der Waals surface area (Å²) in [7, 11) is 0. The van der Waals surface area contributed by atoms with Crippen molar-refractivity contribution < 1.29 is 4.74 Å². The molecule has 0 saturated carbocycles. The van der Waals surface area contributed by atoms with E-state index in [1.165, 1.54) is 0 Å². The molecule has 0 radical (unpaired) electrons. The van der Waals surface area contributed by atoms with Gasteiger partial charge >= 0.3 is 0 Å². The van der Waals surface area contributed by atoms with Crippen LogP contribution < -0.4 is 4.90 Å². The molecule has 13 heavy (non-hydrogen) atoms. The number of rotatable bonds is 1. The molecular formula is C8H10IN3O. The maximum Gasteiger partial charge on any atom is 0.225 e. The molecule has 0 N–H and O–H groups in total. The average Bonchev–Trinajstić information content (AvgIpc) is 2.20. The molecule has 1 fully saturated rings. The Morgan fingerprint density at radius 1 is 1.23 bits per heavy atom. The van der Waals surface area contributed by atoms with Gasteiger partial charge in [0, 0.05) is 29.1 Å². The Labute approximate surface area is 90.5 Å². The van der Waals surface area contributed by atoms with E-state index in [-0.39, 0.29) is 0 Å². The predicted octanol–water partition coefficient (Wildman–Crippen LogP) is 0.918. The number of halogens is 1. The SMILES string of the molecule is Ic1cnc(N2CCOCC2)nc1. The van der Waals surface area contributed by atoms with E-state index in [4.69, 9.17) is 4.74 Å². The van der Waals surface area contributed by atoms with Gasteiger partial charge in [0.1, 0.15) is 0 Å². The maximum absolute atomic E-state index is 5.25. The molecule has 1 aromatic heterocycles. The first-order valence-corrected chi connectivity index (χ1v) is 5.24. The van der Waals surface area contributed by atoms with Gasteiger partial charge in [0.05, 0.1) is 13.2 Å². The van der Waals surface area contributed by atoms with E-state index < -0.39 is 0 Å². The third-order valence-electron chi connectivity index (χ3n) is 1.90. The van der Waals surface area contributed by atoms with Crippen LogP contribution in [0.4, 0.5) is 5.95 Å². The summed E-state index contributed by atoms with van der Waals surface area (Å²) in [5, 5.41) is 0. The molecule has 4 nitrogen and oxygen atoms in total. The monoisotopic (exact) mass is 291 g/mol. The van der Waals surface area contributed by atoms with E-state index in [1.54, 1.807) is 0 Å². The number of morpholine rings is 1. The normalized spacial score (nSPS) is 17.5. The lowest BCUT2D eigenvalue weighted by atomic mass is 10.4. The number of hydrogen-bond donors (Lipinski definition) is 0. The lowest BCUT2D eigenvalue weighted by Gasteiger charge is -2.26. The zero-order valence-corrected chi connectivity index (χ0v) is 9.27. The van der Waals surface area contributed by atoms with Crippen LogP contribution in [0.15, 0.2) is 12.4 Å². The van der Waals surface area contributed by atoms with Gasteiger partial charge in [-0.3, -0.25) is 0 Å². The molecule has 0 atom stereocenters. The van der Waals surface area contributed by atoms with Gasteiger partial charge in [0.25, 0.3) is 0 Å². The van der Waals surface area contributed by atoms with E-state index in [0.717, 1.165) is 35.8 Å². The van der Waals surface area contributed by atoms with Crippen molar-refractivity contribution in [3.63, 3.8) is 0 Å². The molecule has 1 aliphatic heterocycles. The summed E-state index contributed by atoms with van der Waals surface area (Å²) < 4.78 is 6.31. The van der Waals surface area contributed by atoms with Crippen LogP contribution >= 0.6 is 22.6 Å². The summed E-state index contributed by atoms with van der Waals surface area (Å²) in [4.78, 5) is 10.6. The van der Waals surface area contributed by atoms with Crippen LogP contribution in [0.5, 0.6) is 0 Å². The van der Waals surface area contributed by atoms with Crippen LogP contribution in [-0.4, -0.2) is 36.3 Å². The molecule has 1 saturated heterocycles. The van der Waals surface area contributed by atoms with Gasteiger partial charge in [-0.25, -0.2) is 9.97 Å². The van der Waals surface area contributed by atoms with Crippen molar-refractivity contribution in [2.45, 2.75) is 0 Å². The van der Waals surface area contributed by atoms with Gasteiger partial charge in [-0.2, -0.15) is 0 Å². The molecule has 0 amide bonds. The molecular weight excluding hydrogens is 281 g/mol. The van der Waals surface area contributed by atoms with E-state index in [2.05, 4.69) is 37.5 Å². The second-order valence-corrected chi connectivity index (χ2v) is 4.05. The summed E-state index contributed by atoms with van der Waals surface area (Å²) in [5.74, 6) is 0.809. The second kappa shape index (κ2) is 4.19. The highest BCUT2D eigenvalue weighted by Crippen LogP contribution is 2.09. The number of hydrogen-bond acceptors (Lipinski definition) is 4. The van der Waals surface area contributed by atoms with Gasteiger partial charge in [0.2, 0.25) is 5.95 Å². The van der Waals surface area contributed by atoms with E-state index in [0.29, 0.717) is 0 Å². The summed E-state index contributed by atoms with van der Waals surface area (Å²) in [5.41, 5.74) is 0. The predicted molar refractivity (Wildman–Crippen MR) is 57.8 cm³/mol. The minimum atomic E-state index is 0.773. The number of nitrogens with zero attached hydrogens (tertiary/aromatic N) is 3. The van der Waals surface area contributed by atoms with Crippen LogP contribution in [0.25, 0.3) is 0 Å². The second-order valence-electron chi connectivity index (χ2n) is 2.80. The molecule has 0 spiro atoms. The first kappa shape index (κ1) is 9.14. The highest BCUT2D eigenvalue weighted by Gasteiger charge is 2.12. The topological polar surface area (TPSA) is 38.2 Å². The fourth-order valence-corrected chi connectivity index (χ4v) is 1.51. The first-order valence-electron chi connectivity index (χ1n) is 4.16. The van der Waals surface area contributed by atoms with E-state index >= 15 is 0 Å². The molecule has 0 aliphatic carbocycles. The Hall–Kier alpha value is -0.430. The van der Waals surface area contributed by atoms with E-state index in [9.17, 15) is 0 Å². The van der Waals surface area contributed by atoms with Gasteiger partial charge in [-0.1, -0.05) is 0 Å². The minimum absolute atomic E-state index is 0.773. The van der Waals surface area contributed by atoms with Crippen molar-refractivity contribution in [2.75, 3.05) is 31.2 Å². The number of aromatic nitrogens is 2. The summed E-state index contributed by atoms with van der Waals surface area (Å²) in [6.45, 7) is 3.33. The number of ether oxygens (including phenoxy) is 1. The zero-order valence-electron chi connectivity index (χ0n) is 7.11. The largest absolute Gasteiger partial charge is 0.378 e. The summed E-state index contributed by atoms with van der Waals surface area (Å²) in [6.07, 6.45) is 3.66. The third-order valence-corrected chi connectivity index (χ3v) is 2.46. The molecule has 70 valence electrons. The van der Waals surface area contributed by atoms with Crippen molar-refractivity contribution in [2.24, 2.45) is 0 Å². The standard InChI is InChI=1S/C8H10IN3O/c9-7-5-10-8(11-6-7)12-1-3-13-4-2-12/h5-6H,1-4H2. The molecule has 0 aromatic carbocycles. The van der Waals surface area contributed by atoms with Crippen LogP contribution in [0.1, 0.15) is 0 Å². The molecule has 5 heteroatoms. The highest BCUT2D eigenvalue weighted by molar-refractivity contribution is 14.1. The summed E-state index contributed by atoms with van der Waals surface area (Å²) >= 11 is 2.20. The van der Waals surface area contributed by atoms with Crippen molar-refractivity contribution >= 4 is 28.5 Å². The molecule has 2 rings (SSSR count). The highest BCUT2D eigenvalue weighted by atomic mass is 127. The first-order chi connectivity index (χ1) is 6.36. The van der Waals surface area contributed by atoms with Gasteiger partial charge in [-0.05, 0) is 22.6 Å². The van der Waals surface area contributed by atoms with Gasteiger partial charge in [0.15, 0.2) is 0 Å². The Kier molecular flexibility index (Phi) is 2.94. The zero-order chi connectivity index (χ0) is 9.10. The van der Waals surface area contributed by atoms with Crippen molar-refractivity contribution in [3.05, 3.63) is 16.0 Å². The fraction of sp³-hybridized carbons (Fsp3) is 0.500. The van der Waals surface area contributed by atoms with Crippen molar-refractivity contribution in [1.29, 1.82) is 0 Å². The van der Waals surface area contributed by atoms with Crippen LogP contribution in [-0.2, 0) is 4.74 Å².